The number of nitrogens with zero attached hydrogens (tertiary/aromatic N) is 3. The van der Waals surface area contributed by atoms with Crippen molar-refractivity contribution >= 4 is 35.3 Å². The van der Waals surface area contributed by atoms with Crippen LogP contribution < -0.4 is 10.2 Å². The molecule has 0 bridgehead atoms. The molecule has 1 aromatic rings. The van der Waals surface area contributed by atoms with Gasteiger partial charge in [-0.05, 0) is 70.6 Å². The van der Waals surface area contributed by atoms with Gasteiger partial charge in [0.2, 0.25) is 5.91 Å². The lowest BCUT2D eigenvalue weighted by molar-refractivity contribution is -0.132. The normalized spacial score (nSPS) is 30.7. The van der Waals surface area contributed by atoms with Crippen molar-refractivity contribution in [1.29, 1.82) is 0 Å². The molecule has 0 spiro atoms. The quantitative estimate of drug-likeness (QED) is 0.608. The number of carbonyl (C=O) groups excluding carboxylic acids is 3. The topological polar surface area (TPSA) is 91.4 Å². The number of methoxy groups -OCH3 is 1. The molecule has 10 heteroatoms. The number of carbonyl (C=O) groups is 3. The van der Waals surface area contributed by atoms with Crippen LogP contribution in [-0.2, 0) is 14.3 Å². The molecule has 5 atom stereocenters. The van der Waals surface area contributed by atoms with E-state index in [-0.39, 0.29) is 54.1 Å². The van der Waals surface area contributed by atoms with Crippen LogP contribution in [0.25, 0.3) is 0 Å². The van der Waals surface area contributed by atoms with Crippen LogP contribution in [-0.4, -0.2) is 84.4 Å². The fraction of sp³-hybridized carbons (Fsp3) is 0.679. The minimum Gasteiger partial charge on any atom is -0.444 e. The Morgan fingerprint density at radius 3 is 2.50 bits per heavy atom. The van der Waals surface area contributed by atoms with Crippen molar-refractivity contribution in [2.24, 2.45) is 11.8 Å². The Morgan fingerprint density at radius 2 is 1.84 bits per heavy atom. The number of amides is 4. The number of urea groups is 1. The summed E-state index contributed by atoms with van der Waals surface area (Å²) in [6.07, 6.45) is 3.88. The summed E-state index contributed by atoms with van der Waals surface area (Å²) in [5.74, 6) is -0.437. The van der Waals surface area contributed by atoms with Gasteiger partial charge in [-0.3, -0.25) is 4.79 Å². The van der Waals surface area contributed by atoms with Gasteiger partial charge in [-0.25, -0.2) is 14.5 Å². The van der Waals surface area contributed by atoms with E-state index in [0.29, 0.717) is 43.2 Å². The molecule has 4 fully saturated rings. The van der Waals surface area contributed by atoms with Gasteiger partial charge < -0.3 is 24.6 Å². The molecule has 5 rings (SSSR count). The molecule has 1 N–H and O–H groups in total. The number of rotatable bonds is 3. The van der Waals surface area contributed by atoms with Crippen LogP contribution >= 0.6 is 11.6 Å². The Kier molecular flexibility index (Phi) is 7.64. The summed E-state index contributed by atoms with van der Waals surface area (Å²) in [4.78, 5) is 45.9. The fourth-order valence-electron chi connectivity index (χ4n) is 6.84. The number of nitrogens with one attached hydrogen (secondary N) is 1. The average Bonchev–Trinajstić information content (AvgIpc) is 2.87. The molecule has 208 valence electrons. The molecule has 5 unspecified atom stereocenters. The Morgan fingerprint density at radius 1 is 1.11 bits per heavy atom. The first-order valence-corrected chi connectivity index (χ1v) is 14.1. The number of hydrogen-bond acceptors (Lipinski definition) is 6. The van der Waals surface area contributed by atoms with Crippen LogP contribution in [0.1, 0.15) is 52.9 Å². The van der Waals surface area contributed by atoms with E-state index < -0.39 is 5.60 Å². The SMILES string of the molecule is COC1CCCC2C1NCC1C(=O)N(c3cccc(Cl)c3)C(=O)N(C3CCN(C(=O)OC(C)(C)C)CC3)C12. The molecule has 0 radical (unpaired) electrons. The first-order chi connectivity index (χ1) is 18.1. The molecule has 9 nitrogen and oxygen atoms in total. The van der Waals surface area contributed by atoms with E-state index in [1.807, 2.05) is 25.7 Å². The molecule has 1 aliphatic carbocycles. The van der Waals surface area contributed by atoms with Crippen LogP contribution in [0.4, 0.5) is 15.3 Å². The molecule has 1 aromatic carbocycles. The number of fused-ring (bicyclic) bond motifs is 3. The van der Waals surface area contributed by atoms with Crippen molar-refractivity contribution in [3.8, 4) is 0 Å². The number of ether oxygens (including phenoxy) is 2. The largest absolute Gasteiger partial charge is 0.444 e. The summed E-state index contributed by atoms with van der Waals surface area (Å²) >= 11 is 6.26. The lowest BCUT2D eigenvalue weighted by atomic mass is 9.69. The van der Waals surface area contributed by atoms with Crippen molar-refractivity contribution < 1.29 is 23.9 Å². The van der Waals surface area contributed by atoms with E-state index in [1.54, 1.807) is 36.3 Å². The van der Waals surface area contributed by atoms with Crippen molar-refractivity contribution in [3.05, 3.63) is 29.3 Å². The minimum atomic E-state index is -0.565. The number of benzene rings is 1. The molecule has 0 aromatic heterocycles. The first-order valence-electron chi connectivity index (χ1n) is 13.7. The van der Waals surface area contributed by atoms with E-state index in [0.717, 1.165) is 19.3 Å². The van der Waals surface area contributed by atoms with Crippen molar-refractivity contribution in [2.45, 2.75) is 82.7 Å². The predicted octanol–water partition coefficient (Wildman–Crippen LogP) is 4.28. The van der Waals surface area contributed by atoms with Gasteiger partial charge in [0.15, 0.2) is 0 Å². The van der Waals surface area contributed by atoms with E-state index in [4.69, 9.17) is 21.1 Å². The van der Waals surface area contributed by atoms with Gasteiger partial charge in [0.05, 0.1) is 23.8 Å². The van der Waals surface area contributed by atoms with Crippen LogP contribution in [0.5, 0.6) is 0 Å². The number of likely N-dealkylation sites (tertiary alicyclic amines) is 1. The van der Waals surface area contributed by atoms with E-state index >= 15 is 0 Å². The molecule has 3 heterocycles. The fourth-order valence-corrected chi connectivity index (χ4v) is 7.03. The van der Waals surface area contributed by atoms with Crippen molar-refractivity contribution in [3.63, 3.8) is 0 Å². The second-order valence-corrected chi connectivity index (χ2v) is 12.4. The molecule has 3 saturated heterocycles. The highest BCUT2D eigenvalue weighted by atomic mass is 35.5. The molecule has 1 saturated carbocycles. The molecule has 4 amide bonds. The van der Waals surface area contributed by atoms with Crippen LogP contribution in [0.3, 0.4) is 0 Å². The second-order valence-electron chi connectivity index (χ2n) is 11.9. The Balaban J connectivity index is 1.45. The summed E-state index contributed by atoms with van der Waals surface area (Å²) in [6, 6.07) is 6.40. The number of halogens is 1. The number of imide groups is 1. The standard InChI is InChI=1S/C28H39ClN4O5/c1-28(2,3)38-27(36)31-13-11-18(12-14-31)32-24-20-9-6-10-22(37-4)23(20)30-16-21(24)25(34)33(26(32)35)19-8-5-7-17(29)15-19/h5,7-8,15,18,20-24,30H,6,9-14,16H2,1-4H3. The van der Waals surface area contributed by atoms with Gasteiger partial charge in [-0.15, -0.1) is 0 Å². The smallest absolute Gasteiger partial charge is 0.410 e. The van der Waals surface area contributed by atoms with Crippen LogP contribution in [0.2, 0.25) is 5.02 Å². The van der Waals surface area contributed by atoms with Gasteiger partial charge in [-0.1, -0.05) is 24.1 Å². The highest BCUT2D eigenvalue weighted by Gasteiger charge is 2.57. The lowest BCUT2D eigenvalue weighted by Crippen LogP contribution is -2.74. The maximum Gasteiger partial charge on any atom is 0.410 e. The Labute approximate surface area is 229 Å². The molecule has 3 aliphatic heterocycles. The summed E-state index contributed by atoms with van der Waals surface area (Å²) in [5, 5.41) is 4.08. The van der Waals surface area contributed by atoms with E-state index in [9.17, 15) is 14.4 Å². The Hall–Kier alpha value is -2.36. The van der Waals surface area contributed by atoms with Crippen LogP contribution in [0, 0.1) is 11.8 Å². The van der Waals surface area contributed by atoms with Crippen LogP contribution in [0.15, 0.2) is 24.3 Å². The maximum atomic E-state index is 14.3. The van der Waals surface area contributed by atoms with E-state index in [2.05, 4.69) is 5.32 Å². The number of anilines is 1. The molecular weight excluding hydrogens is 508 g/mol. The van der Waals surface area contributed by atoms with Gasteiger partial charge in [0.25, 0.3) is 0 Å². The monoisotopic (exact) mass is 546 g/mol. The zero-order valence-corrected chi connectivity index (χ0v) is 23.4. The predicted molar refractivity (Wildman–Crippen MR) is 144 cm³/mol. The number of piperidine rings is 2. The number of hydrogen-bond donors (Lipinski definition) is 1. The van der Waals surface area contributed by atoms with Gasteiger partial charge in [0, 0.05) is 43.9 Å². The third kappa shape index (κ3) is 5.12. The molecular formula is C28H39ClN4O5. The molecule has 38 heavy (non-hydrogen) atoms. The zero-order chi connectivity index (χ0) is 27.2. The lowest BCUT2D eigenvalue weighted by Gasteiger charge is -2.57. The average molecular weight is 547 g/mol. The Bertz CT molecular complexity index is 1070. The molecule has 4 aliphatic rings. The minimum absolute atomic E-state index is 0.0572. The van der Waals surface area contributed by atoms with Crippen molar-refractivity contribution in [2.75, 3.05) is 31.6 Å². The second kappa shape index (κ2) is 10.7. The van der Waals surface area contributed by atoms with Gasteiger partial charge >= 0.3 is 12.1 Å². The van der Waals surface area contributed by atoms with Gasteiger partial charge in [-0.2, -0.15) is 0 Å². The third-order valence-electron chi connectivity index (χ3n) is 8.46. The zero-order valence-electron chi connectivity index (χ0n) is 22.7. The van der Waals surface area contributed by atoms with Gasteiger partial charge in [0.1, 0.15) is 5.60 Å². The highest BCUT2D eigenvalue weighted by Crippen LogP contribution is 2.43. The maximum absolute atomic E-state index is 14.3. The first kappa shape index (κ1) is 27.2. The van der Waals surface area contributed by atoms with Crippen molar-refractivity contribution in [1.82, 2.24) is 15.1 Å². The summed E-state index contributed by atoms with van der Waals surface area (Å²) < 4.78 is 11.4. The summed E-state index contributed by atoms with van der Waals surface area (Å²) in [5.41, 5.74) is -0.0761. The third-order valence-corrected chi connectivity index (χ3v) is 8.70. The highest BCUT2D eigenvalue weighted by molar-refractivity contribution is 6.31. The summed E-state index contributed by atoms with van der Waals surface area (Å²) in [6.45, 7) is 7.06. The van der Waals surface area contributed by atoms with E-state index in [1.165, 1.54) is 4.90 Å². The summed E-state index contributed by atoms with van der Waals surface area (Å²) in [7, 11) is 1.74.